The van der Waals surface area contributed by atoms with Crippen molar-refractivity contribution in [1.29, 1.82) is 5.26 Å². The van der Waals surface area contributed by atoms with Gasteiger partial charge in [0.1, 0.15) is 11.6 Å². The first-order chi connectivity index (χ1) is 19.2. The van der Waals surface area contributed by atoms with Crippen LogP contribution < -0.4 is 9.80 Å². The summed E-state index contributed by atoms with van der Waals surface area (Å²) in [6.45, 7) is 7.95. The number of halogens is 3. The van der Waals surface area contributed by atoms with Crippen LogP contribution in [0.15, 0.2) is 49.1 Å². The number of rotatable bonds is 5. The number of carbonyl (C=O) groups is 1. The van der Waals surface area contributed by atoms with Gasteiger partial charge in [-0.05, 0) is 36.4 Å². The van der Waals surface area contributed by atoms with Gasteiger partial charge in [-0.3, -0.25) is 4.79 Å². The van der Waals surface area contributed by atoms with Gasteiger partial charge in [0.15, 0.2) is 0 Å². The van der Waals surface area contributed by atoms with Gasteiger partial charge in [0.25, 0.3) is 0 Å². The van der Waals surface area contributed by atoms with Gasteiger partial charge in [-0.2, -0.15) is 18.4 Å². The van der Waals surface area contributed by atoms with E-state index in [1.165, 1.54) is 12.1 Å². The summed E-state index contributed by atoms with van der Waals surface area (Å²) >= 11 is 0. The van der Waals surface area contributed by atoms with E-state index in [2.05, 4.69) is 17.5 Å². The third-order valence-electron chi connectivity index (χ3n) is 7.72. The number of aromatic nitrogens is 2. The number of benzene rings is 2. The first-order valence-corrected chi connectivity index (χ1v) is 13.5. The molecule has 5 rings (SSSR count). The Bertz CT molecular complexity index is 1480. The highest BCUT2D eigenvalue weighted by Crippen LogP contribution is 2.40. The fourth-order valence-corrected chi connectivity index (χ4v) is 5.84. The number of nitrogens with zero attached hydrogens (tertiary/aromatic N) is 6. The van der Waals surface area contributed by atoms with E-state index in [9.17, 15) is 23.2 Å². The summed E-state index contributed by atoms with van der Waals surface area (Å²) in [5, 5.41) is 10.2. The molecule has 10 heteroatoms. The first kappa shape index (κ1) is 27.4. The normalized spacial score (nSPS) is 17.8. The van der Waals surface area contributed by atoms with E-state index in [-0.39, 0.29) is 23.8 Å². The predicted octanol–water partition coefficient (Wildman–Crippen LogP) is 5.28. The van der Waals surface area contributed by atoms with Gasteiger partial charge in [0.2, 0.25) is 5.91 Å². The molecular formula is C30H31F3N6O. The number of piperazine rings is 1. The summed E-state index contributed by atoms with van der Waals surface area (Å²) in [4.78, 5) is 28.0. The van der Waals surface area contributed by atoms with E-state index in [0.29, 0.717) is 62.5 Å². The molecule has 0 radical (unpaired) electrons. The zero-order valence-corrected chi connectivity index (χ0v) is 22.4. The standard InChI is InChI=1S/C30H31F3N6O/c1-3-26-35-24-19-37(25-12-6-9-20-8-5-11-23(28(20)25)30(31,32)33)15-7-10-22(24)29(36-26)38-16-17-39(27(40)4-2)21(18-38)13-14-34/h4-6,8-9,11-12,21H,2-3,7,10,13,15-19H2,1H3/t21-/m0/s1. The monoisotopic (exact) mass is 548 g/mol. The molecule has 2 aliphatic rings. The van der Waals surface area contributed by atoms with Crippen LogP contribution in [-0.2, 0) is 30.4 Å². The molecule has 208 valence electrons. The van der Waals surface area contributed by atoms with Crippen molar-refractivity contribution in [3.05, 3.63) is 71.7 Å². The second kappa shape index (κ2) is 11.2. The maximum Gasteiger partial charge on any atom is 0.417 e. The predicted molar refractivity (Wildman–Crippen MR) is 148 cm³/mol. The van der Waals surface area contributed by atoms with E-state index in [1.54, 1.807) is 29.2 Å². The maximum atomic E-state index is 14.0. The Labute approximate surface area is 231 Å². The highest BCUT2D eigenvalue weighted by atomic mass is 19.4. The summed E-state index contributed by atoms with van der Waals surface area (Å²) in [5.41, 5.74) is 1.69. The number of aryl methyl sites for hydroxylation is 1. The minimum absolute atomic E-state index is 0.195. The molecule has 0 unspecified atom stereocenters. The zero-order valence-electron chi connectivity index (χ0n) is 22.4. The van der Waals surface area contributed by atoms with Crippen LogP contribution in [0.2, 0.25) is 0 Å². The van der Waals surface area contributed by atoms with Crippen LogP contribution in [-0.4, -0.2) is 53.0 Å². The van der Waals surface area contributed by atoms with Crippen molar-refractivity contribution in [3.63, 3.8) is 0 Å². The van der Waals surface area contributed by atoms with Crippen molar-refractivity contribution in [1.82, 2.24) is 14.9 Å². The van der Waals surface area contributed by atoms with Gasteiger partial charge in [0, 0.05) is 49.2 Å². The van der Waals surface area contributed by atoms with Crippen LogP contribution in [0.25, 0.3) is 10.8 Å². The SMILES string of the molecule is C=CC(=O)N1CCN(c2nc(CC)nc3c2CCCN(c2cccc4cccc(C(F)(F)F)c24)C3)C[C@@H]1CC#N. The Morgan fingerprint density at radius 1 is 1.15 bits per heavy atom. The van der Waals surface area contributed by atoms with Crippen LogP contribution in [0, 0.1) is 11.3 Å². The van der Waals surface area contributed by atoms with Crippen molar-refractivity contribution in [2.24, 2.45) is 0 Å². The highest BCUT2D eigenvalue weighted by molar-refractivity contribution is 5.97. The van der Waals surface area contributed by atoms with Gasteiger partial charge < -0.3 is 14.7 Å². The van der Waals surface area contributed by atoms with Crippen molar-refractivity contribution in [3.8, 4) is 6.07 Å². The lowest BCUT2D eigenvalue weighted by Crippen LogP contribution is -2.55. The molecule has 40 heavy (non-hydrogen) atoms. The van der Waals surface area contributed by atoms with Crippen molar-refractivity contribution in [2.75, 3.05) is 36.0 Å². The topological polar surface area (TPSA) is 76.4 Å². The molecule has 0 saturated carbocycles. The first-order valence-electron chi connectivity index (χ1n) is 13.5. The molecule has 7 nitrogen and oxygen atoms in total. The van der Waals surface area contributed by atoms with Crippen molar-refractivity contribution >= 4 is 28.2 Å². The number of amides is 1. The minimum atomic E-state index is -4.47. The van der Waals surface area contributed by atoms with E-state index in [1.807, 2.05) is 11.8 Å². The third-order valence-corrected chi connectivity index (χ3v) is 7.72. The van der Waals surface area contributed by atoms with E-state index < -0.39 is 11.7 Å². The molecule has 0 N–H and O–H groups in total. The maximum absolute atomic E-state index is 14.0. The number of carbonyl (C=O) groups excluding carboxylic acids is 1. The Hall–Kier alpha value is -4.13. The fraction of sp³-hybridized carbons (Fsp3) is 0.400. The van der Waals surface area contributed by atoms with E-state index in [0.717, 1.165) is 29.6 Å². The number of anilines is 2. The quantitative estimate of drug-likeness (QED) is 0.404. The van der Waals surface area contributed by atoms with Crippen molar-refractivity contribution in [2.45, 2.75) is 51.4 Å². The smallest absolute Gasteiger partial charge is 0.365 e. The number of alkyl halides is 3. The summed E-state index contributed by atoms with van der Waals surface area (Å²) in [6, 6.07) is 11.5. The molecule has 1 saturated heterocycles. The van der Waals surface area contributed by atoms with E-state index >= 15 is 0 Å². The Kier molecular flexibility index (Phi) is 7.66. The minimum Gasteiger partial charge on any atom is -0.365 e. The molecule has 0 aliphatic carbocycles. The molecule has 1 fully saturated rings. The van der Waals surface area contributed by atoms with E-state index in [4.69, 9.17) is 9.97 Å². The molecule has 3 aromatic rings. The average molecular weight is 549 g/mol. The number of fused-ring (bicyclic) bond motifs is 2. The van der Waals surface area contributed by atoms with Crippen LogP contribution >= 0.6 is 0 Å². The van der Waals surface area contributed by atoms with Gasteiger partial charge >= 0.3 is 6.18 Å². The third kappa shape index (κ3) is 5.20. The Morgan fingerprint density at radius 3 is 2.62 bits per heavy atom. The second-order valence-corrected chi connectivity index (χ2v) is 10.1. The van der Waals surface area contributed by atoms with Crippen LogP contribution in [0.4, 0.5) is 24.7 Å². The molecule has 2 aromatic carbocycles. The van der Waals surface area contributed by atoms with Gasteiger partial charge in [0.05, 0.1) is 36.3 Å². The zero-order chi connectivity index (χ0) is 28.4. The summed E-state index contributed by atoms with van der Waals surface area (Å²) in [7, 11) is 0. The van der Waals surface area contributed by atoms with Crippen LogP contribution in [0.3, 0.4) is 0 Å². The highest BCUT2D eigenvalue weighted by Gasteiger charge is 2.35. The lowest BCUT2D eigenvalue weighted by atomic mass is 10.0. The average Bonchev–Trinajstić information content (AvgIpc) is 3.17. The lowest BCUT2D eigenvalue weighted by Gasteiger charge is -2.41. The van der Waals surface area contributed by atoms with Gasteiger partial charge in [-0.1, -0.05) is 37.8 Å². The van der Waals surface area contributed by atoms with Gasteiger partial charge in [-0.15, -0.1) is 0 Å². The molecule has 2 aliphatic heterocycles. The second-order valence-electron chi connectivity index (χ2n) is 10.1. The Balaban J connectivity index is 1.54. The number of hydrogen-bond donors (Lipinski definition) is 0. The summed E-state index contributed by atoms with van der Waals surface area (Å²) in [6.07, 6.45) is -1.01. The van der Waals surface area contributed by atoms with Crippen LogP contribution in [0.1, 0.15) is 42.4 Å². The molecule has 3 heterocycles. The molecule has 0 spiro atoms. The lowest BCUT2D eigenvalue weighted by molar-refractivity contribution is -0.136. The Morgan fingerprint density at radius 2 is 1.93 bits per heavy atom. The largest absolute Gasteiger partial charge is 0.417 e. The van der Waals surface area contributed by atoms with Crippen molar-refractivity contribution < 1.29 is 18.0 Å². The van der Waals surface area contributed by atoms with Gasteiger partial charge in [-0.25, -0.2) is 9.97 Å². The number of hydrogen-bond acceptors (Lipinski definition) is 6. The molecule has 1 atom stereocenters. The summed E-state index contributed by atoms with van der Waals surface area (Å²) < 4.78 is 42.1. The van der Waals surface area contributed by atoms with Crippen LogP contribution in [0.5, 0.6) is 0 Å². The molecule has 1 amide bonds. The fourth-order valence-electron chi connectivity index (χ4n) is 5.84. The summed E-state index contributed by atoms with van der Waals surface area (Å²) in [5.74, 6) is 1.26. The number of nitriles is 1. The molecule has 1 aromatic heterocycles. The molecular weight excluding hydrogens is 517 g/mol. The molecule has 0 bridgehead atoms.